The zero-order chi connectivity index (χ0) is 18.3. The van der Waals surface area contributed by atoms with Gasteiger partial charge in [-0.1, -0.05) is 12.1 Å². The lowest BCUT2D eigenvalue weighted by Crippen LogP contribution is -2.34. The van der Waals surface area contributed by atoms with Crippen LogP contribution in [0.4, 0.5) is 4.39 Å². The fourth-order valence-corrected chi connectivity index (χ4v) is 4.63. The summed E-state index contributed by atoms with van der Waals surface area (Å²) >= 11 is 1.58. The maximum absolute atomic E-state index is 13.0. The van der Waals surface area contributed by atoms with E-state index in [1.165, 1.54) is 27.9 Å². The van der Waals surface area contributed by atoms with Crippen molar-refractivity contribution in [3.8, 4) is 0 Å². The van der Waals surface area contributed by atoms with E-state index in [1.807, 2.05) is 6.92 Å². The number of amides is 1. The molecular formula is C19H18FN3O2S. The van der Waals surface area contributed by atoms with Crippen LogP contribution >= 0.6 is 11.3 Å². The number of hydrogen-bond donors (Lipinski definition) is 1. The van der Waals surface area contributed by atoms with Gasteiger partial charge in [-0.3, -0.25) is 14.2 Å². The van der Waals surface area contributed by atoms with Crippen molar-refractivity contribution in [2.24, 2.45) is 0 Å². The second-order valence-corrected chi connectivity index (χ2v) is 7.64. The maximum Gasteiger partial charge on any atom is 0.262 e. The Morgan fingerprint density at radius 2 is 2.12 bits per heavy atom. The predicted molar refractivity (Wildman–Crippen MR) is 98.9 cm³/mol. The highest BCUT2D eigenvalue weighted by molar-refractivity contribution is 7.18. The lowest BCUT2D eigenvalue weighted by Gasteiger charge is -2.15. The molecule has 134 valence electrons. The van der Waals surface area contributed by atoms with Crippen molar-refractivity contribution in [3.63, 3.8) is 0 Å². The molecule has 1 amide bonds. The normalized spacial score (nSPS) is 14.4. The van der Waals surface area contributed by atoms with Crippen LogP contribution in [-0.4, -0.2) is 15.5 Å². The van der Waals surface area contributed by atoms with Gasteiger partial charge in [0.15, 0.2) is 0 Å². The van der Waals surface area contributed by atoms with Crippen molar-refractivity contribution in [2.45, 2.75) is 38.8 Å². The van der Waals surface area contributed by atoms with Gasteiger partial charge in [0, 0.05) is 4.88 Å². The van der Waals surface area contributed by atoms with E-state index in [4.69, 9.17) is 0 Å². The quantitative estimate of drug-likeness (QED) is 0.767. The Hall–Kier alpha value is -2.54. The molecule has 0 radical (unpaired) electrons. The molecule has 2 heterocycles. The average molecular weight is 371 g/mol. The molecule has 26 heavy (non-hydrogen) atoms. The molecule has 1 aromatic carbocycles. The molecule has 0 fully saturated rings. The largest absolute Gasteiger partial charge is 0.348 e. The van der Waals surface area contributed by atoms with Crippen LogP contribution in [0.25, 0.3) is 10.2 Å². The third kappa shape index (κ3) is 3.03. The van der Waals surface area contributed by atoms with E-state index in [2.05, 4.69) is 10.3 Å². The highest BCUT2D eigenvalue weighted by Crippen LogP contribution is 2.34. The molecule has 3 aromatic rings. The Morgan fingerprint density at radius 1 is 1.35 bits per heavy atom. The first-order valence-electron chi connectivity index (χ1n) is 8.57. The molecule has 0 saturated heterocycles. The molecule has 0 bridgehead atoms. The predicted octanol–water partition coefficient (Wildman–Crippen LogP) is 2.96. The highest BCUT2D eigenvalue weighted by atomic mass is 32.1. The zero-order valence-corrected chi connectivity index (χ0v) is 15.1. The molecule has 1 atom stereocenters. The molecule has 2 aromatic heterocycles. The monoisotopic (exact) mass is 371 g/mol. The fourth-order valence-electron chi connectivity index (χ4n) is 3.41. The molecule has 7 heteroatoms. The third-order valence-electron chi connectivity index (χ3n) is 4.75. The van der Waals surface area contributed by atoms with Gasteiger partial charge in [0.2, 0.25) is 5.91 Å². The first-order valence-corrected chi connectivity index (χ1v) is 9.39. The van der Waals surface area contributed by atoms with Gasteiger partial charge >= 0.3 is 0 Å². The second-order valence-electron chi connectivity index (χ2n) is 6.56. The van der Waals surface area contributed by atoms with Gasteiger partial charge in [-0.05, 0) is 49.4 Å². The molecule has 1 unspecified atom stereocenters. The van der Waals surface area contributed by atoms with Crippen molar-refractivity contribution in [2.75, 3.05) is 0 Å². The lowest BCUT2D eigenvalue weighted by molar-refractivity contribution is -0.122. The van der Waals surface area contributed by atoms with E-state index in [-0.39, 0.29) is 29.9 Å². The Kier molecular flexibility index (Phi) is 4.32. The van der Waals surface area contributed by atoms with Crippen LogP contribution in [0.3, 0.4) is 0 Å². The smallest absolute Gasteiger partial charge is 0.262 e. The Bertz CT molecular complexity index is 1040. The molecule has 4 rings (SSSR count). The molecule has 1 aliphatic rings. The standard InChI is InChI=1S/C19H18FN3O2S/c1-11(12-5-7-13(20)8-6-12)22-16(24)9-23-10-21-18-17(19(23)25)14-3-2-4-15(14)26-18/h5-8,10-11H,2-4,9H2,1H3,(H,22,24). The summed E-state index contributed by atoms with van der Waals surface area (Å²) in [5.41, 5.74) is 1.76. The number of aryl methyl sites for hydroxylation is 2. The van der Waals surface area contributed by atoms with Gasteiger partial charge in [-0.2, -0.15) is 0 Å². The van der Waals surface area contributed by atoms with Crippen molar-refractivity contribution >= 4 is 27.5 Å². The second kappa shape index (κ2) is 6.64. The summed E-state index contributed by atoms with van der Waals surface area (Å²) in [6, 6.07) is 5.71. The molecule has 1 aliphatic carbocycles. The van der Waals surface area contributed by atoms with E-state index in [0.29, 0.717) is 5.39 Å². The maximum atomic E-state index is 13.0. The molecule has 0 spiro atoms. The van der Waals surface area contributed by atoms with E-state index < -0.39 is 0 Å². The molecular weight excluding hydrogens is 353 g/mol. The molecule has 1 N–H and O–H groups in total. The topological polar surface area (TPSA) is 64.0 Å². The van der Waals surface area contributed by atoms with Crippen LogP contribution in [0.2, 0.25) is 0 Å². The summed E-state index contributed by atoms with van der Waals surface area (Å²) in [5, 5.41) is 3.51. The van der Waals surface area contributed by atoms with Crippen molar-refractivity contribution in [1.29, 1.82) is 0 Å². The summed E-state index contributed by atoms with van der Waals surface area (Å²) in [5.74, 6) is -0.599. The van der Waals surface area contributed by atoms with Gasteiger partial charge < -0.3 is 5.32 Å². The van der Waals surface area contributed by atoms with E-state index in [0.717, 1.165) is 35.2 Å². The van der Waals surface area contributed by atoms with Crippen LogP contribution in [0.15, 0.2) is 35.4 Å². The summed E-state index contributed by atoms with van der Waals surface area (Å²) in [6.07, 6.45) is 4.43. The van der Waals surface area contributed by atoms with E-state index in [9.17, 15) is 14.0 Å². The molecule has 0 saturated carbocycles. The number of thiophene rings is 1. The Morgan fingerprint density at radius 3 is 2.88 bits per heavy atom. The number of carbonyl (C=O) groups is 1. The van der Waals surface area contributed by atoms with E-state index >= 15 is 0 Å². The van der Waals surface area contributed by atoms with Gasteiger partial charge in [0.25, 0.3) is 5.56 Å². The average Bonchev–Trinajstić information content (AvgIpc) is 3.18. The fraction of sp³-hybridized carbons (Fsp3) is 0.316. The van der Waals surface area contributed by atoms with Crippen molar-refractivity contribution < 1.29 is 9.18 Å². The minimum atomic E-state index is -0.318. The molecule has 5 nitrogen and oxygen atoms in total. The van der Waals surface area contributed by atoms with Crippen molar-refractivity contribution in [1.82, 2.24) is 14.9 Å². The van der Waals surface area contributed by atoms with Gasteiger partial charge in [0.05, 0.1) is 17.8 Å². The minimum Gasteiger partial charge on any atom is -0.348 e. The summed E-state index contributed by atoms with van der Waals surface area (Å²) in [4.78, 5) is 31.5. The van der Waals surface area contributed by atoms with E-state index in [1.54, 1.807) is 23.5 Å². The van der Waals surface area contributed by atoms with Crippen molar-refractivity contribution in [3.05, 3.63) is 62.8 Å². The number of rotatable bonds is 4. The number of hydrogen-bond acceptors (Lipinski definition) is 4. The minimum absolute atomic E-state index is 0.0854. The summed E-state index contributed by atoms with van der Waals surface area (Å²) < 4.78 is 14.4. The number of fused-ring (bicyclic) bond motifs is 3. The van der Waals surface area contributed by atoms with Gasteiger partial charge in [0.1, 0.15) is 17.2 Å². The van der Waals surface area contributed by atoms with Crippen LogP contribution in [0.1, 0.15) is 35.4 Å². The Labute approximate surface area is 153 Å². The first-order chi connectivity index (χ1) is 12.5. The third-order valence-corrected chi connectivity index (χ3v) is 5.95. The lowest BCUT2D eigenvalue weighted by atomic mass is 10.1. The van der Waals surface area contributed by atoms with Gasteiger partial charge in [-0.25, -0.2) is 9.37 Å². The van der Waals surface area contributed by atoms with Gasteiger partial charge in [-0.15, -0.1) is 11.3 Å². The number of nitrogens with zero attached hydrogens (tertiary/aromatic N) is 2. The van der Waals surface area contributed by atoms with Crippen LogP contribution < -0.4 is 10.9 Å². The first kappa shape index (κ1) is 16.9. The molecule has 0 aliphatic heterocycles. The number of halogens is 1. The number of carbonyl (C=O) groups excluding carboxylic acids is 1. The SMILES string of the molecule is CC(NC(=O)Cn1cnc2sc3c(c2c1=O)CCC3)c1ccc(F)cc1. The summed E-state index contributed by atoms with van der Waals surface area (Å²) in [6.45, 7) is 1.74. The summed E-state index contributed by atoms with van der Waals surface area (Å²) in [7, 11) is 0. The van der Waals surface area contributed by atoms with Crippen LogP contribution in [-0.2, 0) is 24.2 Å². The zero-order valence-electron chi connectivity index (χ0n) is 14.3. The number of benzene rings is 1. The highest BCUT2D eigenvalue weighted by Gasteiger charge is 2.21. The Balaban J connectivity index is 1.53. The number of nitrogens with one attached hydrogen (secondary N) is 1. The number of aromatic nitrogens is 2. The van der Waals surface area contributed by atoms with Crippen LogP contribution in [0, 0.1) is 5.82 Å². The van der Waals surface area contributed by atoms with Crippen LogP contribution in [0.5, 0.6) is 0 Å².